The summed E-state index contributed by atoms with van der Waals surface area (Å²) < 4.78 is 1.95. The molecular weight excluding hydrogens is 210 g/mol. The lowest BCUT2D eigenvalue weighted by molar-refractivity contribution is 0.408. The predicted octanol–water partition coefficient (Wildman–Crippen LogP) is 2.40. The van der Waals surface area contributed by atoms with Gasteiger partial charge in [-0.05, 0) is 38.3 Å². The van der Waals surface area contributed by atoms with E-state index in [0.29, 0.717) is 0 Å². The van der Waals surface area contributed by atoms with Gasteiger partial charge in [0, 0.05) is 24.2 Å². The third-order valence-corrected chi connectivity index (χ3v) is 3.65. The van der Waals surface area contributed by atoms with Crippen molar-refractivity contribution in [2.45, 2.75) is 57.9 Å². The minimum atomic E-state index is 0.131. The lowest BCUT2D eigenvalue weighted by atomic mass is 9.84. The largest absolute Gasteiger partial charge is 0.311 e. The van der Waals surface area contributed by atoms with Crippen molar-refractivity contribution in [1.29, 1.82) is 0 Å². The fourth-order valence-electron chi connectivity index (χ4n) is 2.83. The Kier molecular flexibility index (Phi) is 3.06. The van der Waals surface area contributed by atoms with Crippen molar-refractivity contribution in [3.8, 4) is 0 Å². The summed E-state index contributed by atoms with van der Waals surface area (Å²) in [5.74, 6) is 0. The first kappa shape index (κ1) is 12.6. The van der Waals surface area contributed by atoms with E-state index in [2.05, 4.69) is 44.3 Å². The minimum absolute atomic E-state index is 0.131. The van der Waals surface area contributed by atoms with Crippen LogP contribution in [0.1, 0.15) is 51.8 Å². The molecule has 1 atom stereocenters. The third-order valence-electron chi connectivity index (χ3n) is 3.65. The fourth-order valence-corrected chi connectivity index (χ4v) is 2.83. The highest BCUT2D eigenvalue weighted by atomic mass is 15.3. The summed E-state index contributed by atoms with van der Waals surface area (Å²) in [5, 5.41) is 8.28. The summed E-state index contributed by atoms with van der Waals surface area (Å²) in [5.41, 5.74) is 3.04. The Morgan fingerprint density at radius 3 is 2.71 bits per heavy atom. The molecule has 0 aromatic carbocycles. The van der Waals surface area contributed by atoms with Crippen molar-refractivity contribution in [2.75, 3.05) is 6.54 Å². The van der Waals surface area contributed by atoms with E-state index in [0.717, 1.165) is 13.0 Å². The first-order valence-electron chi connectivity index (χ1n) is 6.58. The minimum Gasteiger partial charge on any atom is -0.311 e. The maximum Gasteiger partial charge on any atom is 0.0710 e. The van der Waals surface area contributed by atoms with E-state index in [1.807, 2.05) is 11.7 Å². The van der Waals surface area contributed by atoms with Crippen LogP contribution in [0.5, 0.6) is 0 Å². The Balaban J connectivity index is 2.26. The van der Waals surface area contributed by atoms with Crippen LogP contribution in [-0.4, -0.2) is 21.9 Å². The van der Waals surface area contributed by atoms with Crippen molar-refractivity contribution in [3.05, 3.63) is 17.5 Å². The van der Waals surface area contributed by atoms with E-state index in [-0.39, 0.29) is 11.0 Å². The number of nitrogens with one attached hydrogen (secondary N) is 1. The number of aromatic nitrogens is 2. The van der Waals surface area contributed by atoms with Crippen LogP contribution in [0.15, 0.2) is 6.20 Å². The molecule has 0 amide bonds. The van der Waals surface area contributed by atoms with Gasteiger partial charge in [0.1, 0.15) is 0 Å². The van der Waals surface area contributed by atoms with Crippen LogP contribution >= 0.6 is 0 Å². The maximum absolute atomic E-state index is 4.64. The summed E-state index contributed by atoms with van der Waals surface area (Å²) in [4.78, 5) is 0. The van der Waals surface area contributed by atoms with E-state index in [4.69, 9.17) is 0 Å². The fraction of sp³-hybridized carbons (Fsp3) is 0.786. The second kappa shape index (κ2) is 4.13. The lowest BCUT2D eigenvalue weighted by Gasteiger charge is -2.26. The zero-order chi connectivity index (χ0) is 12.7. The molecule has 0 bridgehead atoms. The highest BCUT2D eigenvalue weighted by Gasteiger charge is 2.31. The zero-order valence-corrected chi connectivity index (χ0v) is 11.8. The molecule has 17 heavy (non-hydrogen) atoms. The van der Waals surface area contributed by atoms with Crippen molar-refractivity contribution >= 4 is 0 Å². The van der Waals surface area contributed by atoms with Crippen molar-refractivity contribution in [1.82, 2.24) is 15.1 Å². The molecule has 1 aromatic rings. The molecule has 1 N–H and O–H groups in total. The molecule has 1 aliphatic rings. The van der Waals surface area contributed by atoms with Crippen LogP contribution in [-0.2, 0) is 18.9 Å². The Morgan fingerprint density at radius 2 is 2.18 bits per heavy atom. The molecule has 0 radical (unpaired) electrons. The zero-order valence-electron chi connectivity index (χ0n) is 11.8. The van der Waals surface area contributed by atoms with Crippen molar-refractivity contribution < 1.29 is 0 Å². The standard InChI is InChI=1S/C14H25N3/c1-13(2,3)12-11(10-17(5)16-12)9-14(4)7-6-8-15-14/h10,15H,6-9H2,1-5H3. The van der Waals surface area contributed by atoms with Gasteiger partial charge in [-0.15, -0.1) is 0 Å². The van der Waals surface area contributed by atoms with E-state index in [1.165, 1.54) is 24.1 Å². The van der Waals surface area contributed by atoms with Crippen LogP contribution in [0.2, 0.25) is 0 Å². The molecule has 2 rings (SSSR count). The second-order valence-corrected chi connectivity index (χ2v) is 6.69. The summed E-state index contributed by atoms with van der Waals surface area (Å²) in [6.07, 6.45) is 5.84. The number of hydrogen-bond acceptors (Lipinski definition) is 2. The summed E-state index contributed by atoms with van der Waals surface area (Å²) in [6.45, 7) is 10.2. The van der Waals surface area contributed by atoms with E-state index < -0.39 is 0 Å². The lowest BCUT2D eigenvalue weighted by Crippen LogP contribution is -2.38. The smallest absolute Gasteiger partial charge is 0.0710 e. The molecule has 96 valence electrons. The second-order valence-electron chi connectivity index (χ2n) is 6.69. The normalized spacial score (nSPS) is 25.5. The number of nitrogens with zero attached hydrogens (tertiary/aromatic N) is 2. The SMILES string of the molecule is Cn1cc(CC2(C)CCCN2)c(C(C)(C)C)n1. The molecule has 1 aliphatic heterocycles. The molecule has 3 nitrogen and oxygen atoms in total. The maximum atomic E-state index is 4.64. The van der Waals surface area contributed by atoms with Crippen LogP contribution in [0.3, 0.4) is 0 Å². The van der Waals surface area contributed by atoms with Gasteiger partial charge in [-0.3, -0.25) is 4.68 Å². The predicted molar refractivity (Wildman–Crippen MR) is 71.3 cm³/mol. The molecule has 1 unspecified atom stereocenters. The van der Waals surface area contributed by atoms with Crippen LogP contribution in [0.4, 0.5) is 0 Å². The van der Waals surface area contributed by atoms with E-state index >= 15 is 0 Å². The molecule has 1 saturated heterocycles. The van der Waals surface area contributed by atoms with Crippen LogP contribution in [0, 0.1) is 0 Å². The molecule has 1 fully saturated rings. The third kappa shape index (κ3) is 2.71. The average Bonchev–Trinajstić information content (AvgIpc) is 2.72. The molecular formula is C14H25N3. The molecule has 0 saturated carbocycles. The number of aryl methyl sites for hydroxylation is 1. The highest BCUT2D eigenvalue weighted by Crippen LogP contribution is 2.29. The Labute approximate surface area is 105 Å². The van der Waals surface area contributed by atoms with Gasteiger partial charge >= 0.3 is 0 Å². The van der Waals surface area contributed by atoms with Gasteiger partial charge < -0.3 is 5.32 Å². The van der Waals surface area contributed by atoms with Crippen molar-refractivity contribution in [3.63, 3.8) is 0 Å². The van der Waals surface area contributed by atoms with E-state index in [1.54, 1.807) is 0 Å². The average molecular weight is 235 g/mol. The molecule has 2 heterocycles. The van der Waals surface area contributed by atoms with E-state index in [9.17, 15) is 0 Å². The Bertz CT molecular complexity index is 392. The topological polar surface area (TPSA) is 29.9 Å². The summed E-state index contributed by atoms with van der Waals surface area (Å²) in [6, 6.07) is 0. The Hall–Kier alpha value is -0.830. The first-order chi connectivity index (χ1) is 7.80. The molecule has 3 heteroatoms. The van der Waals surface area contributed by atoms with Gasteiger partial charge in [-0.1, -0.05) is 20.8 Å². The summed E-state index contributed by atoms with van der Waals surface area (Å²) in [7, 11) is 2.02. The van der Waals surface area contributed by atoms with Gasteiger partial charge in [0.05, 0.1) is 5.69 Å². The van der Waals surface area contributed by atoms with Crippen molar-refractivity contribution in [2.24, 2.45) is 7.05 Å². The molecule has 1 aromatic heterocycles. The monoisotopic (exact) mass is 235 g/mol. The van der Waals surface area contributed by atoms with Gasteiger partial charge in [0.15, 0.2) is 0 Å². The van der Waals surface area contributed by atoms with Gasteiger partial charge in [0.25, 0.3) is 0 Å². The number of hydrogen-bond donors (Lipinski definition) is 1. The molecule has 0 aliphatic carbocycles. The van der Waals surface area contributed by atoms with Gasteiger partial charge in [-0.25, -0.2) is 0 Å². The van der Waals surface area contributed by atoms with Crippen LogP contribution in [0.25, 0.3) is 0 Å². The Morgan fingerprint density at radius 1 is 1.47 bits per heavy atom. The number of rotatable bonds is 2. The quantitative estimate of drug-likeness (QED) is 0.853. The first-order valence-corrected chi connectivity index (χ1v) is 6.58. The van der Waals surface area contributed by atoms with Crippen LogP contribution < -0.4 is 5.32 Å². The molecule has 0 spiro atoms. The summed E-state index contributed by atoms with van der Waals surface area (Å²) >= 11 is 0. The van der Waals surface area contributed by atoms with Gasteiger partial charge in [-0.2, -0.15) is 5.10 Å². The highest BCUT2D eigenvalue weighted by molar-refractivity contribution is 5.26. The van der Waals surface area contributed by atoms with Gasteiger partial charge in [0.2, 0.25) is 0 Å².